The van der Waals surface area contributed by atoms with Crippen LogP contribution >= 0.6 is 0 Å². The van der Waals surface area contributed by atoms with Crippen molar-refractivity contribution < 1.29 is 9.47 Å². The summed E-state index contributed by atoms with van der Waals surface area (Å²) in [5.74, 6) is 1.64. The van der Waals surface area contributed by atoms with Gasteiger partial charge in [-0.15, -0.1) is 0 Å². The van der Waals surface area contributed by atoms with E-state index in [2.05, 4.69) is 48.9 Å². The van der Waals surface area contributed by atoms with Crippen LogP contribution in [0.25, 0.3) is 17.2 Å². The summed E-state index contributed by atoms with van der Waals surface area (Å²) in [6.07, 6.45) is 1.92. The number of anilines is 1. The number of fused-ring (bicyclic) bond motifs is 3. The van der Waals surface area contributed by atoms with Crippen molar-refractivity contribution in [1.82, 2.24) is 0 Å². The second-order valence-corrected chi connectivity index (χ2v) is 5.63. The van der Waals surface area contributed by atoms with E-state index in [0.29, 0.717) is 13.2 Å². The van der Waals surface area contributed by atoms with Crippen LogP contribution in [-0.2, 0) is 6.54 Å². The highest BCUT2D eigenvalue weighted by molar-refractivity contribution is 5.89. The molecule has 23 heavy (non-hydrogen) atoms. The Morgan fingerprint density at radius 2 is 1.78 bits per heavy atom. The average molecular weight is 309 g/mol. The molecular weight excluding hydrogens is 286 g/mol. The lowest BCUT2D eigenvalue weighted by atomic mass is 9.91. The molecule has 1 aliphatic rings. The quantitative estimate of drug-likeness (QED) is 0.796. The van der Waals surface area contributed by atoms with Gasteiger partial charge in [-0.05, 0) is 42.7 Å². The van der Waals surface area contributed by atoms with E-state index in [-0.39, 0.29) is 0 Å². The molecule has 0 bridgehead atoms. The van der Waals surface area contributed by atoms with Crippen molar-refractivity contribution in [2.45, 2.75) is 20.4 Å². The molecule has 0 N–H and O–H groups in total. The number of rotatable bonds is 5. The third kappa shape index (κ3) is 2.67. The number of ether oxygens (including phenoxy) is 2. The van der Waals surface area contributed by atoms with Gasteiger partial charge in [-0.25, -0.2) is 0 Å². The van der Waals surface area contributed by atoms with E-state index in [1.165, 1.54) is 22.4 Å². The Morgan fingerprint density at radius 1 is 1.09 bits per heavy atom. The molecule has 0 amide bonds. The monoisotopic (exact) mass is 309 g/mol. The maximum Gasteiger partial charge on any atom is 0.161 e. The summed E-state index contributed by atoms with van der Waals surface area (Å²) in [4.78, 5) is 2.27. The van der Waals surface area contributed by atoms with Crippen molar-refractivity contribution in [2.75, 3.05) is 25.2 Å². The Bertz CT molecular complexity index is 737. The summed E-state index contributed by atoms with van der Waals surface area (Å²) in [7, 11) is 2.12. The third-order valence-electron chi connectivity index (χ3n) is 4.14. The number of hydrogen-bond acceptors (Lipinski definition) is 3. The zero-order valence-corrected chi connectivity index (χ0v) is 14.1. The van der Waals surface area contributed by atoms with Gasteiger partial charge in [-0.3, -0.25) is 0 Å². The normalized spacial score (nSPS) is 12.4. The van der Waals surface area contributed by atoms with E-state index in [1.54, 1.807) is 0 Å². The van der Waals surface area contributed by atoms with Crippen LogP contribution in [0.4, 0.5) is 5.69 Å². The number of nitrogens with zero attached hydrogens (tertiary/aromatic N) is 1. The van der Waals surface area contributed by atoms with Crippen LogP contribution in [0.5, 0.6) is 11.5 Å². The van der Waals surface area contributed by atoms with Crippen molar-refractivity contribution in [3.63, 3.8) is 0 Å². The molecule has 120 valence electrons. The number of para-hydroxylation sites is 1. The highest BCUT2D eigenvalue weighted by Gasteiger charge is 2.24. The summed E-state index contributed by atoms with van der Waals surface area (Å²) >= 11 is 0. The summed E-state index contributed by atoms with van der Waals surface area (Å²) in [5.41, 5.74) is 6.07. The molecule has 3 nitrogen and oxygen atoms in total. The maximum atomic E-state index is 5.80. The van der Waals surface area contributed by atoms with Gasteiger partial charge in [0.1, 0.15) is 0 Å². The molecule has 0 fully saturated rings. The molecule has 2 aromatic rings. The van der Waals surface area contributed by atoms with Gasteiger partial charge in [0.2, 0.25) is 0 Å². The van der Waals surface area contributed by atoms with Crippen LogP contribution in [-0.4, -0.2) is 20.3 Å². The lowest BCUT2D eigenvalue weighted by Crippen LogP contribution is -2.22. The van der Waals surface area contributed by atoms with Gasteiger partial charge in [0.25, 0.3) is 0 Å². The Balaban J connectivity index is 2.20. The van der Waals surface area contributed by atoms with Crippen molar-refractivity contribution in [2.24, 2.45) is 0 Å². The molecule has 0 spiro atoms. The zero-order valence-electron chi connectivity index (χ0n) is 14.1. The van der Waals surface area contributed by atoms with E-state index in [4.69, 9.17) is 9.47 Å². The first-order valence-electron chi connectivity index (χ1n) is 8.09. The molecule has 3 rings (SSSR count). The minimum absolute atomic E-state index is 0.623. The van der Waals surface area contributed by atoms with E-state index in [0.717, 1.165) is 23.6 Å². The molecule has 2 aromatic carbocycles. The minimum atomic E-state index is 0.623. The van der Waals surface area contributed by atoms with E-state index >= 15 is 0 Å². The summed E-state index contributed by atoms with van der Waals surface area (Å²) in [6, 6.07) is 10.6. The first kappa shape index (κ1) is 15.5. The van der Waals surface area contributed by atoms with Gasteiger partial charge in [-0.1, -0.05) is 30.9 Å². The lowest BCUT2D eigenvalue weighted by Gasteiger charge is -2.32. The first-order chi connectivity index (χ1) is 11.2. The molecule has 1 heterocycles. The topological polar surface area (TPSA) is 21.7 Å². The molecule has 1 aliphatic heterocycles. The van der Waals surface area contributed by atoms with Crippen molar-refractivity contribution >= 4 is 11.8 Å². The standard InChI is InChI=1S/C20H23NO2/c1-5-14-9-8-10-16-17-12-19(23-7-3)18(22-6-2)11-15(17)13-21(4)20(14)16/h5,8-12H,1,6-7,13H2,2-4H3. The molecule has 0 saturated heterocycles. The van der Waals surface area contributed by atoms with E-state index in [9.17, 15) is 0 Å². The highest BCUT2D eigenvalue weighted by atomic mass is 16.5. The summed E-state index contributed by atoms with van der Waals surface area (Å²) in [5, 5.41) is 0. The molecule has 0 saturated carbocycles. The predicted octanol–water partition coefficient (Wildman–Crippen LogP) is 4.74. The lowest BCUT2D eigenvalue weighted by molar-refractivity contribution is 0.287. The molecular formula is C20H23NO2. The molecule has 0 unspecified atom stereocenters. The van der Waals surface area contributed by atoms with Gasteiger partial charge in [0.05, 0.1) is 18.9 Å². The SMILES string of the molecule is C=Cc1cccc2c1N(C)Cc1cc(OCC)c(OCC)cc1-2. The predicted molar refractivity (Wildman–Crippen MR) is 96.4 cm³/mol. The Morgan fingerprint density at radius 3 is 2.43 bits per heavy atom. The van der Waals surface area contributed by atoms with Gasteiger partial charge in [-0.2, -0.15) is 0 Å². The van der Waals surface area contributed by atoms with Crippen molar-refractivity contribution in [1.29, 1.82) is 0 Å². The third-order valence-corrected chi connectivity index (χ3v) is 4.14. The van der Waals surface area contributed by atoms with Crippen LogP contribution in [0.3, 0.4) is 0 Å². The summed E-state index contributed by atoms with van der Waals surface area (Å²) in [6.45, 7) is 10.0. The Kier molecular flexibility index (Phi) is 4.28. The minimum Gasteiger partial charge on any atom is -0.490 e. The second kappa shape index (κ2) is 6.37. The smallest absolute Gasteiger partial charge is 0.161 e. The molecule has 0 aromatic heterocycles. The van der Waals surface area contributed by atoms with Crippen molar-refractivity contribution in [3.05, 3.63) is 48.0 Å². The maximum absolute atomic E-state index is 5.80. The van der Waals surface area contributed by atoms with E-state index in [1.807, 2.05) is 19.9 Å². The van der Waals surface area contributed by atoms with Crippen LogP contribution < -0.4 is 14.4 Å². The molecule has 3 heteroatoms. The fourth-order valence-corrected chi connectivity index (χ4v) is 3.22. The average Bonchev–Trinajstić information content (AvgIpc) is 2.56. The van der Waals surface area contributed by atoms with Gasteiger partial charge < -0.3 is 14.4 Å². The van der Waals surface area contributed by atoms with E-state index < -0.39 is 0 Å². The summed E-state index contributed by atoms with van der Waals surface area (Å²) < 4.78 is 11.6. The van der Waals surface area contributed by atoms with Gasteiger partial charge in [0.15, 0.2) is 11.5 Å². The van der Waals surface area contributed by atoms with Gasteiger partial charge in [0, 0.05) is 19.2 Å². The molecule has 0 aliphatic carbocycles. The fraction of sp³-hybridized carbons (Fsp3) is 0.300. The second-order valence-electron chi connectivity index (χ2n) is 5.63. The van der Waals surface area contributed by atoms with Crippen LogP contribution in [0.15, 0.2) is 36.9 Å². The van der Waals surface area contributed by atoms with Crippen molar-refractivity contribution in [3.8, 4) is 22.6 Å². The number of hydrogen-bond donors (Lipinski definition) is 0. The van der Waals surface area contributed by atoms with Gasteiger partial charge >= 0.3 is 0 Å². The largest absolute Gasteiger partial charge is 0.490 e. The fourth-order valence-electron chi connectivity index (χ4n) is 3.22. The molecule has 0 radical (unpaired) electrons. The number of benzene rings is 2. The first-order valence-corrected chi connectivity index (χ1v) is 8.09. The van der Waals surface area contributed by atoms with Crippen LogP contribution in [0.1, 0.15) is 25.0 Å². The van der Waals surface area contributed by atoms with Crippen LogP contribution in [0.2, 0.25) is 0 Å². The highest BCUT2D eigenvalue weighted by Crippen LogP contribution is 2.45. The Labute approximate surface area is 138 Å². The Hall–Kier alpha value is -2.42. The molecule has 0 atom stereocenters. The zero-order chi connectivity index (χ0) is 16.4. The van der Waals surface area contributed by atoms with Crippen LogP contribution in [0, 0.1) is 0 Å².